The molecule has 3 aliphatic heterocycles. The minimum Gasteiger partial charge on any atom is -0.748 e. The Bertz CT molecular complexity index is 1870. The number of fused-ring (bicyclic) bond motifs is 4. The zero-order chi connectivity index (χ0) is 32.7. The zero-order valence-corrected chi connectivity index (χ0v) is 30.1. The van der Waals surface area contributed by atoms with Gasteiger partial charge in [0, 0.05) is 50.6 Å². The van der Waals surface area contributed by atoms with Crippen LogP contribution >= 0.6 is 0 Å². The number of anilines is 1. The standard InChI is InChI=1S/C33H39N3O8S.Na/c1-6-21-17-32(2,3)36(11-8-12-43-20-37)27-15-29-25(13-23(21)27)34-26-14-24-22(19-45(40,41)42)18-33(4,5)35(10-7-9-31(38)39)28(24)16-30(26)44-29;/h13-18,20H,6-12,19H2,1-5H3,(H-,38,39,40,41,42);/q;+1. The molecule has 2 aromatic carbocycles. The Morgan fingerprint density at radius 1 is 1.09 bits per heavy atom. The van der Waals surface area contributed by atoms with Crippen LogP contribution in [0.15, 0.2) is 41.4 Å². The number of allylic oxidation sites excluding steroid dienone is 1. The molecule has 3 heterocycles. The van der Waals surface area contributed by atoms with E-state index in [1.807, 2.05) is 30.9 Å². The Hall–Kier alpha value is -3.03. The molecule has 0 saturated carbocycles. The number of carbonyl (C=O) groups excluding carboxylic acids is 1. The van der Waals surface area contributed by atoms with Crippen LogP contribution in [0.25, 0.3) is 11.1 Å². The van der Waals surface area contributed by atoms with E-state index in [2.05, 4.69) is 31.4 Å². The normalized spacial score (nSPS) is 17.0. The Morgan fingerprint density at radius 2 is 1.83 bits per heavy atom. The quantitative estimate of drug-likeness (QED) is 0.0979. The van der Waals surface area contributed by atoms with Crippen molar-refractivity contribution in [2.24, 2.45) is 4.99 Å². The summed E-state index contributed by atoms with van der Waals surface area (Å²) in [6.45, 7) is 12.0. The van der Waals surface area contributed by atoms with Crippen molar-refractivity contribution in [3.8, 4) is 11.5 Å². The van der Waals surface area contributed by atoms with Gasteiger partial charge in [0.25, 0.3) is 6.47 Å². The minimum absolute atomic E-state index is 0. The van der Waals surface area contributed by atoms with Crippen molar-refractivity contribution in [3.05, 3.63) is 58.3 Å². The first-order chi connectivity index (χ1) is 21.1. The minimum atomic E-state index is -4.59. The maximum Gasteiger partial charge on any atom is 1.00 e. The molecule has 0 fully saturated rings. The fourth-order valence-electron chi connectivity index (χ4n) is 6.61. The van der Waals surface area contributed by atoms with Crippen LogP contribution in [0.5, 0.6) is 11.5 Å². The first kappa shape index (κ1) is 35.8. The molecule has 2 aromatic rings. The summed E-state index contributed by atoms with van der Waals surface area (Å²) in [7, 11) is -4.59. The van der Waals surface area contributed by atoms with Crippen molar-refractivity contribution in [1.82, 2.24) is 4.58 Å². The monoisotopic (exact) mass is 660 g/mol. The number of carboxylic acids is 1. The summed E-state index contributed by atoms with van der Waals surface area (Å²) in [4.78, 5) is 28.9. The van der Waals surface area contributed by atoms with E-state index < -0.39 is 27.4 Å². The summed E-state index contributed by atoms with van der Waals surface area (Å²) in [6, 6.07) is 7.56. The van der Waals surface area contributed by atoms with E-state index in [1.54, 1.807) is 18.2 Å². The van der Waals surface area contributed by atoms with Crippen LogP contribution in [0.2, 0.25) is 0 Å². The summed E-state index contributed by atoms with van der Waals surface area (Å²) >= 11 is 0. The number of nitrogens with zero attached hydrogens (tertiary/aromatic N) is 3. The molecule has 0 amide bonds. The van der Waals surface area contributed by atoms with E-state index in [0.29, 0.717) is 78.4 Å². The van der Waals surface area contributed by atoms with Gasteiger partial charge in [-0.2, -0.15) is 0 Å². The van der Waals surface area contributed by atoms with E-state index in [9.17, 15) is 27.7 Å². The molecule has 0 aliphatic carbocycles. The van der Waals surface area contributed by atoms with Crippen molar-refractivity contribution >= 4 is 45.1 Å². The number of hydrogen-bond donors (Lipinski definition) is 1. The van der Waals surface area contributed by atoms with E-state index in [0.717, 1.165) is 17.3 Å². The Kier molecular flexibility index (Phi) is 10.6. The van der Waals surface area contributed by atoms with Crippen LogP contribution in [0, 0.1) is 0 Å². The van der Waals surface area contributed by atoms with E-state index >= 15 is 0 Å². The van der Waals surface area contributed by atoms with Crippen LogP contribution in [-0.4, -0.2) is 67.0 Å². The van der Waals surface area contributed by atoms with Crippen LogP contribution in [0.4, 0.5) is 11.4 Å². The number of ether oxygens (including phenoxy) is 2. The second kappa shape index (κ2) is 13.6. The van der Waals surface area contributed by atoms with Gasteiger partial charge in [0.1, 0.15) is 17.6 Å². The van der Waals surface area contributed by atoms with Gasteiger partial charge in [-0.05, 0) is 56.0 Å². The topological polar surface area (TPSA) is 149 Å². The summed E-state index contributed by atoms with van der Waals surface area (Å²) in [6.07, 6.45) is 5.82. The number of rotatable bonds is 12. The molecule has 1 N–H and O–H groups in total. The third kappa shape index (κ3) is 7.41. The van der Waals surface area contributed by atoms with Gasteiger partial charge in [-0.1, -0.05) is 13.0 Å². The largest absolute Gasteiger partial charge is 1.00 e. The third-order valence-electron chi connectivity index (χ3n) is 8.53. The molecule has 0 aromatic heterocycles. The zero-order valence-electron chi connectivity index (χ0n) is 27.3. The summed E-state index contributed by atoms with van der Waals surface area (Å²) in [5, 5.41) is 10.9. The van der Waals surface area contributed by atoms with Crippen molar-refractivity contribution in [3.63, 3.8) is 0 Å². The van der Waals surface area contributed by atoms with Crippen molar-refractivity contribution < 1.29 is 66.7 Å². The smallest absolute Gasteiger partial charge is 0.748 e. The average molecular weight is 661 g/mol. The van der Waals surface area contributed by atoms with Crippen molar-refractivity contribution in [1.29, 1.82) is 0 Å². The SMILES string of the molecule is CCC1=CC(C)(C)[N+](CCCOC=O)=c2cc3c(cc21)=Nc1cc2c(cc1O3)N(CCCC(=O)O)C(C)(C)C=C2CS(=O)(=O)[O-].[Na+]. The second-order valence-corrected chi connectivity index (χ2v) is 14.1. The van der Waals surface area contributed by atoms with E-state index in [4.69, 9.17) is 14.5 Å². The molecule has 0 saturated heterocycles. The molecule has 46 heavy (non-hydrogen) atoms. The van der Waals surface area contributed by atoms with Crippen LogP contribution < -0.4 is 54.5 Å². The Balaban J connectivity index is 0.00000480. The summed E-state index contributed by atoms with van der Waals surface area (Å²) in [5.41, 5.74) is 3.28. The first-order valence-electron chi connectivity index (χ1n) is 15.1. The number of carboxylic acid groups (broad SMARTS) is 1. The van der Waals surface area contributed by atoms with E-state index in [-0.39, 0.29) is 41.5 Å². The van der Waals surface area contributed by atoms with Crippen LogP contribution in [0.3, 0.4) is 0 Å². The Morgan fingerprint density at radius 3 is 2.48 bits per heavy atom. The molecule has 13 heteroatoms. The van der Waals surface area contributed by atoms with Crippen molar-refractivity contribution in [2.75, 3.05) is 30.3 Å². The molecular formula is C33H39N3NaO8S+. The van der Waals surface area contributed by atoms with Crippen molar-refractivity contribution in [2.45, 2.75) is 71.4 Å². The average Bonchev–Trinajstić information content (AvgIpc) is 2.93. The molecule has 0 bridgehead atoms. The van der Waals surface area contributed by atoms with Gasteiger partial charge in [-0.25, -0.2) is 18.0 Å². The van der Waals surface area contributed by atoms with Crippen LogP contribution in [0.1, 0.15) is 71.4 Å². The van der Waals surface area contributed by atoms with Gasteiger partial charge >= 0.3 is 35.5 Å². The summed E-state index contributed by atoms with van der Waals surface area (Å²) < 4.78 is 49.5. The molecule has 0 spiro atoms. The molecular weight excluding hydrogens is 621 g/mol. The maximum atomic E-state index is 11.9. The predicted molar refractivity (Wildman–Crippen MR) is 169 cm³/mol. The molecule has 3 aliphatic rings. The van der Waals surface area contributed by atoms with Gasteiger partial charge < -0.3 is 24.0 Å². The second-order valence-electron chi connectivity index (χ2n) is 12.7. The molecule has 0 atom stereocenters. The molecule has 5 rings (SSSR count). The fraction of sp³-hybridized carbons (Fsp3) is 0.455. The predicted octanol–water partition coefficient (Wildman–Crippen LogP) is 0.779. The van der Waals surface area contributed by atoms with Gasteiger partial charge in [0.05, 0.1) is 39.6 Å². The number of hydrogen-bond acceptors (Lipinski definition) is 9. The van der Waals surface area contributed by atoms with Gasteiger partial charge in [0.15, 0.2) is 17.0 Å². The number of benzene rings is 2. The Labute approximate surface area is 291 Å². The maximum absolute atomic E-state index is 11.9. The molecule has 0 unspecified atom stereocenters. The van der Waals surface area contributed by atoms with Crippen LogP contribution in [-0.2, 0) is 24.4 Å². The van der Waals surface area contributed by atoms with Gasteiger partial charge in [-0.15, -0.1) is 0 Å². The number of aliphatic carboxylic acids is 1. The molecule has 0 radical (unpaired) electrons. The molecule has 11 nitrogen and oxygen atoms in total. The third-order valence-corrected chi connectivity index (χ3v) is 9.20. The van der Waals surface area contributed by atoms with Gasteiger partial charge in [0.2, 0.25) is 5.36 Å². The fourth-order valence-corrected chi connectivity index (χ4v) is 7.23. The molecule has 240 valence electrons. The van der Waals surface area contributed by atoms with E-state index in [1.165, 1.54) is 5.57 Å². The number of carbonyl (C=O) groups is 2. The first-order valence-corrected chi connectivity index (χ1v) is 16.7. The summed E-state index contributed by atoms with van der Waals surface area (Å²) in [5.74, 6) is -0.544. The van der Waals surface area contributed by atoms with Gasteiger partial charge in [-0.3, -0.25) is 9.59 Å².